The van der Waals surface area contributed by atoms with Crippen molar-refractivity contribution in [1.29, 1.82) is 0 Å². The van der Waals surface area contributed by atoms with Crippen LogP contribution in [0.15, 0.2) is 18.3 Å². The number of nitrogens with zero attached hydrogens (tertiary/aromatic N) is 4. The van der Waals surface area contributed by atoms with Crippen molar-refractivity contribution in [2.24, 2.45) is 0 Å². The van der Waals surface area contributed by atoms with E-state index < -0.39 is 0 Å². The summed E-state index contributed by atoms with van der Waals surface area (Å²) in [5, 5.41) is 20.8. The summed E-state index contributed by atoms with van der Waals surface area (Å²) in [5.74, 6) is 0.843. The predicted molar refractivity (Wildman–Crippen MR) is 98.7 cm³/mol. The van der Waals surface area contributed by atoms with Crippen LogP contribution in [-0.4, -0.2) is 50.7 Å². The van der Waals surface area contributed by atoms with E-state index >= 15 is 0 Å². The van der Waals surface area contributed by atoms with Crippen LogP contribution < -0.4 is 10.1 Å². The van der Waals surface area contributed by atoms with Gasteiger partial charge in [0, 0.05) is 36.6 Å². The number of likely N-dealkylation sites (tertiary alicyclic amines) is 1. The molecule has 27 heavy (non-hydrogen) atoms. The van der Waals surface area contributed by atoms with Gasteiger partial charge in [0.15, 0.2) is 0 Å². The zero-order chi connectivity index (χ0) is 18.8. The summed E-state index contributed by atoms with van der Waals surface area (Å²) >= 11 is 6.18. The average Bonchev–Trinajstić information content (AvgIpc) is 3.35. The highest BCUT2D eigenvalue weighted by atomic mass is 35.5. The molecule has 1 aromatic heterocycles. The molecule has 9 heteroatoms. The summed E-state index contributed by atoms with van der Waals surface area (Å²) < 4.78 is 7.43. The Labute approximate surface area is 162 Å². The molecule has 2 amide bonds. The molecule has 0 saturated carbocycles. The number of carbonyl (C=O) groups is 1. The maximum Gasteiger partial charge on any atom is 0.317 e. The molecule has 0 bridgehead atoms. The van der Waals surface area contributed by atoms with Gasteiger partial charge in [0.05, 0.1) is 25.5 Å². The lowest BCUT2D eigenvalue weighted by Crippen LogP contribution is -2.45. The van der Waals surface area contributed by atoms with Crippen molar-refractivity contribution in [1.82, 2.24) is 25.2 Å². The van der Waals surface area contributed by atoms with E-state index in [-0.39, 0.29) is 18.7 Å². The van der Waals surface area contributed by atoms with E-state index in [2.05, 4.69) is 15.6 Å². The number of benzene rings is 1. The molecule has 0 aliphatic carbocycles. The Balaban J connectivity index is 1.38. The van der Waals surface area contributed by atoms with Crippen molar-refractivity contribution in [3.8, 4) is 5.75 Å². The maximum absolute atomic E-state index is 12.7. The van der Waals surface area contributed by atoms with Crippen molar-refractivity contribution in [2.45, 2.75) is 38.5 Å². The number of nitrogens with one attached hydrogen (secondary N) is 1. The zero-order valence-electron chi connectivity index (χ0n) is 14.9. The van der Waals surface area contributed by atoms with E-state index in [0.717, 1.165) is 36.1 Å². The van der Waals surface area contributed by atoms with Crippen LogP contribution in [0.25, 0.3) is 0 Å². The first-order chi connectivity index (χ1) is 13.1. The van der Waals surface area contributed by atoms with E-state index in [4.69, 9.17) is 21.4 Å². The van der Waals surface area contributed by atoms with Crippen LogP contribution in [0.3, 0.4) is 0 Å². The molecule has 0 radical (unpaired) electrons. The molecule has 4 rings (SSSR count). The lowest BCUT2D eigenvalue weighted by Gasteiger charge is -2.32. The van der Waals surface area contributed by atoms with Gasteiger partial charge in [-0.1, -0.05) is 16.8 Å². The number of amides is 2. The van der Waals surface area contributed by atoms with Crippen LogP contribution >= 0.6 is 11.6 Å². The van der Waals surface area contributed by atoms with Crippen LogP contribution in [0.5, 0.6) is 5.75 Å². The molecule has 0 spiro atoms. The first-order valence-corrected chi connectivity index (χ1v) is 9.50. The number of aliphatic hydroxyl groups is 1. The quantitative estimate of drug-likeness (QED) is 0.830. The smallest absolute Gasteiger partial charge is 0.317 e. The van der Waals surface area contributed by atoms with Crippen LogP contribution in [-0.2, 0) is 19.6 Å². The number of halogens is 1. The van der Waals surface area contributed by atoms with Gasteiger partial charge in [-0.2, -0.15) is 0 Å². The third-order valence-electron chi connectivity index (χ3n) is 5.03. The van der Waals surface area contributed by atoms with Gasteiger partial charge in [-0.05, 0) is 30.5 Å². The molecule has 1 atom stereocenters. The Hall–Kier alpha value is -2.32. The lowest BCUT2D eigenvalue weighted by atomic mass is 10.1. The topological polar surface area (TPSA) is 92.5 Å². The van der Waals surface area contributed by atoms with Gasteiger partial charge in [0.25, 0.3) is 0 Å². The minimum atomic E-state index is -0.136. The molecule has 144 valence electrons. The van der Waals surface area contributed by atoms with Gasteiger partial charge >= 0.3 is 6.03 Å². The van der Waals surface area contributed by atoms with Crippen LogP contribution in [0.4, 0.5) is 4.79 Å². The number of rotatable bonds is 4. The second-order valence-electron chi connectivity index (χ2n) is 6.90. The molecular formula is C18H22ClN5O3. The summed E-state index contributed by atoms with van der Waals surface area (Å²) in [7, 11) is 0. The summed E-state index contributed by atoms with van der Waals surface area (Å²) in [6.07, 6.45) is 4.40. The van der Waals surface area contributed by atoms with E-state index in [1.807, 2.05) is 12.1 Å². The normalized spacial score (nSPS) is 18.9. The van der Waals surface area contributed by atoms with Crippen molar-refractivity contribution < 1.29 is 14.6 Å². The van der Waals surface area contributed by atoms with Crippen molar-refractivity contribution in [3.63, 3.8) is 0 Å². The Morgan fingerprint density at radius 3 is 3.15 bits per heavy atom. The van der Waals surface area contributed by atoms with E-state index in [1.54, 1.807) is 15.8 Å². The summed E-state index contributed by atoms with van der Waals surface area (Å²) in [4.78, 5) is 14.4. The molecule has 3 heterocycles. The Bertz CT molecular complexity index is 840. The highest BCUT2D eigenvalue weighted by Crippen LogP contribution is 2.32. The fourth-order valence-electron chi connectivity index (χ4n) is 3.68. The van der Waals surface area contributed by atoms with Gasteiger partial charge in [0.1, 0.15) is 11.4 Å². The highest BCUT2D eigenvalue weighted by Gasteiger charge is 2.26. The predicted octanol–water partition coefficient (Wildman–Crippen LogP) is 1.91. The molecule has 2 N–H and O–H groups in total. The number of aliphatic hydroxyl groups excluding tert-OH is 1. The van der Waals surface area contributed by atoms with E-state index in [1.165, 1.54) is 0 Å². The van der Waals surface area contributed by atoms with Crippen LogP contribution in [0.1, 0.15) is 35.7 Å². The minimum absolute atomic E-state index is 0.0658. The molecule has 1 unspecified atom stereocenters. The highest BCUT2D eigenvalue weighted by molar-refractivity contribution is 6.30. The number of fused-ring (bicyclic) bond motifs is 1. The lowest BCUT2D eigenvalue weighted by molar-refractivity contribution is 0.162. The second-order valence-corrected chi connectivity index (χ2v) is 7.34. The standard InChI is InChI=1S/C18H22ClN5O3/c19-14-6-12-3-5-27-17(12)13(7-14)8-20-18(26)23-4-1-2-16(10-23)24-9-15(11-25)21-22-24/h6-7,9,16,25H,1-5,8,10-11H2,(H,20,26). The van der Waals surface area contributed by atoms with Gasteiger partial charge < -0.3 is 20.1 Å². The first kappa shape index (κ1) is 18.1. The number of aromatic nitrogens is 3. The van der Waals surface area contributed by atoms with Crippen molar-refractivity contribution >= 4 is 17.6 Å². The Morgan fingerprint density at radius 2 is 2.33 bits per heavy atom. The fourth-order valence-corrected chi connectivity index (χ4v) is 3.94. The summed E-state index contributed by atoms with van der Waals surface area (Å²) in [6.45, 7) is 2.15. The molecule has 2 aromatic rings. The average molecular weight is 392 g/mol. The van der Waals surface area contributed by atoms with E-state index in [9.17, 15) is 4.79 Å². The first-order valence-electron chi connectivity index (χ1n) is 9.12. The molecule has 2 aliphatic rings. The molecule has 8 nitrogen and oxygen atoms in total. The fraction of sp³-hybridized carbons (Fsp3) is 0.500. The Kier molecular flexibility index (Phi) is 5.18. The Morgan fingerprint density at radius 1 is 1.44 bits per heavy atom. The molecule has 1 saturated heterocycles. The number of urea groups is 1. The number of hydrogen-bond donors (Lipinski definition) is 2. The largest absolute Gasteiger partial charge is 0.493 e. The molecule has 2 aliphatic heterocycles. The van der Waals surface area contributed by atoms with E-state index in [0.29, 0.717) is 37.0 Å². The van der Waals surface area contributed by atoms with Crippen molar-refractivity contribution in [3.05, 3.63) is 40.2 Å². The second kappa shape index (κ2) is 7.74. The third kappa shape index (κ3) is 3.86. The third-order valence-corrected chi connectivity index (χ3v) is 5.25. The number of carbonyl (C=O) groups excluding carboxylic acids is 1. The number of hydrogen-bond acceptors (Lipinski definition) is 5. The van der Waals surface area contributed by atoms with Crippen LogP contribution in [0, 0.1) is 0 Å². The SMILES string of the molecule is O=C(NCc1cc(Cl)cc2c1OCC2)N1CCCC(n2cc(CO)nn2)C1. The number of ether oxygens (including phenoxy) is 1. The molecule has 1 aromatic carbocycles. The van der Waals surface area contributed by atoms with Gasteiger partial charge in [-0.25, -0.2) is 9.48 Å². The monoisotopic (exact) mass is 391 g/mol. The van der Waals surface area contributed by atoms with Gasteiger partial charge in [0.2, 0.25) is 0 Å². The minimum Gasteiger partial charge on any atom is -0.493 e. The molecular weight excluding hydrogens is 370 g/mol. The van der Waals surface area contributed by atoms with Crippen molar-refractivity contribution in [2.75, 3.05) is 19.7 Å². The number of piperidine rings is 1. The summed E-state index contributed by atoms with van der Waals surface area (Å²) in [6, 6.07) is 3.71. The molecule has 1 fully saturated rings. The van der Waals surface area contributed by atoms with Gasteiger partial charge in [-0.15, -0.1) is 5.10 Å². The summed E-state index contributed by atoms with van der Waals surface area (Å²) in [5.41, 5.74) is 2.53. The zero-order valence-corrected chi connectivity index (χ0v) is 15.7. The van der Waals surface area contributed by atoms with Gasteiger partial charge in [-0.3, -0.25) is 0 Å². The van der Waals surface area contributed by atoms with Crippen LogP contribution in [0.2, 0.25) is 5.02 Å². The maximum atomic E-state index is 12.7.